The molecule has 1 saturated carbocycles. The molecule has 0 spiro atoms. The predicted octanol–water partition coefficient (Wildman–Crippen LogP) is 2.77. The molecule has 0 unspecified atom stereocenters. The summed E-state index contributed by atoms with van der Waals surface area (Å²) in [6, 6.07) is 3.44. The molecule has 2 amide bonds. The topological polar surface area (TPSA) is 94.5 Å². The number of nitrogens with zero attached hydrogens (tertiary/aromatic N) is 2. The maximum Gasteiger partial charge on any atom is 0.344 e. The zero-order chi connectivity index (χ0) is 22.3. The highest BCUT2D eigenvalue weighted by Crippen LogP contribution is 2.52. The summed E-state index contributed by atoms with van der Waals surface area (Å²) in [4.78, 5) is 37.3. The molecular weight excluding hydrogens is 515 g/mol. The Hall–Kier alpha value is -2.43. The second-order valence-electron chi connectivity index (χ2n) is 8.09. The third-order valence-corrected chi connectivity index (χ3v) is 6.52. The normalized spacial score (nSPS) is 26.3. The number of benzene rings is 1. The number of halogens is 1. The fourth-order valence-electron chi connectivity index (χ4n) is 4.51. The molecule has 1 aromatic rings. The number of carbonyl (C=O) groups is 3. The van der Waals surface area contributed by atoms with Crippen molar-refractivity contribution < 1.29 is 28.6 Å². The highest BCUT2D eigenvalue weighted by atomic mass is 127. The first kappa shape index (κ1) is 21.8. The summed E-state index contributed by atoms with van der Waals surface area (Å²) >= 11 is 2.06. The Balaban J connectivity index is 1.48. The molecule has 3 aliphatic rings. The van der Waals surface area contributed by atoms with E-state index in [9.17, 15) is 14.4 Å². The fraction of sp³-hybridized carbons (Fsp3) is 0.455. The zero-order valence-electron chi connectivity index (χ0n) is 17.4. The Bertz CT molecular complexity index is 958. The summed E-state index contributed by atoms with van der Waals surface area (Å²) in [6.07, 6.45) is 6.22. The average Bonchev–Trinajstić information content (AvgIpc) is 3.39. The van der Waals surface area contributed by atoms with Crippen LogP contribution >= 0.6 is 22.6 Å². The lowest BCUT2D eigenvalue weighted by molar-refractivity contribution is -0.149. The predicted molar refractivity (Wildman–Crippen MR) is 120 cm³/mol. The molecule has 2 bridgehead atoms. The van der Waals surface area contributed by atoms with Crippen LogP contribution in [0.1, 0.15) is 25.8 Å². The Kier molecular flexibility index (Phi) is 6.05. The van der Waals surface area contributed by atoms with Gasteiger partial charge in [0.05, 0.1) is 34.8 Å². The van der Waals surface area contributed by atoms with Crippen molar-refractivity contribution in [2.45, 2.75) is 26.4 Å². The van der Waals surface area contributed by atoms with Gasteiger partial charge in [-0.2, -0.15) is 10.1 Å². The molecule has 2 aliphatic carbocycles. The van der Waals surface area contributed by atoms with E-state index >= 15 is 0 Å². The van der Waals surface area contributed by atoms with Crippen LogP contribution in [0, 0.1) is 27.2 Å². The van der Waals surface area contributed by atoms with Gasteiger partial charge in [-0.25, -0.2) is 4.79 Å². The van der Waals surface area contributed by atoms with E-state index in [1.54, 1.807) is 26.0 Å². The van der Waals surface area contributed by atoms with Gasteiger partial charge < -0.3 is 14.2 Å². The van der Waals surface area contributed by atoms with E-state index in [0.717, 1.165) is 11.4 Å². The number of rotatable bonds is 7. The Morgan fingerprint density at radius 1 is 1.23 bits per heavy atom. The lowest BCUT2D eigenvalue weighted by Crippen LogP contribution is -2.28. The van der Waals surface area contributed by atoms with Crippen molar-refractivity contribution >= 4 is 46.6 Å². The summed E-state index contributed by atoms with van der Waals surface area (Å²) in [7, 11) is 1.49. The minimum atomic E-state index is -0.474. The minimum absolute atomic E-state index is 0.145. The van der Waals surface area contributed by atoms with Crippen molar-refractivity contribution in [1.29, 1.82) is 0 Å². The average molecular weight is 538 g/mol. The van der Waals surface area contributed by atoms with Crippen molar-refractivity contribution in [3.8, 4) is 11.5 Å². The van der Waals surface area contributed by atoms with Gasteiger partial charge >= 0.3 is 5.97 Å². The number of allylic oxidation sites excluding steroid dienone is 2. The van der Waals surface area contributed by atoms with Crippen molar-refractivity contribution in [2.75, 3.05) is 13.7 Å². The van der Waals surface area contributed by atoms with Crippen LogP contribution < -0.4 is 9.47 Å². The lowest BCUT2D eigenvalue weighted by Gasteiger charge is -2.14. The number of esters is 1. The molecule has 1 aliphatic heterocycles. The first-order valence-electron chi connectivity index (χ1n) is 10.1. The SMILES string of the molecule is COc1cc(C=NN2C(=O)[C@@H]3[C@H](C2=O)[C@H]2C=C[C@H]3C2)cc(I)c1OCC(=O)OC(C)C. The monoisotopic (exact) mass is 538 g/mol. The second kappa shape index (κ2) is 8.60. The molecule has 1 saturated heterocycles. The first-order valence-corrected chi connectivity index (χ1v) is 11.2. The van der Waals surface area contributed by atoms with Gasteiger partial charge in [0.2, 0.25) is 0 Å². The van der Waals surface area contributed by atoms with E-state index in [2.05, 4.69) is 27.7 Å². The van der Waals surface area contributed by atoms with Gasteiger partial charge in [0.15, 0.2) is 18.1 Å². The van der Waals surface area contributed by atoms with Crippen LogP contribution in [-0.2, 0) is 19.1 Å². The van der Waals surface area contributed by atoms with Gasteiger partial charge in [-0.05, 0) is 72.4 Å². The summed E-state index contributed by atoms with van der Waals surface area (Å²) in [6.45, 7) is 3.29. The van der Waals surface area contributed by atoms with Crippen LogP contribution in [-0.4, -0.2) is 48.8 Å². The van der Waals surface area contributed by atoms with Crippen molar-refractivity contribution in [3.05, 3.63) is 33.4 Å². The summed E-state index contributed by atoms with van der Waals surface area (Å²) in [5.74, 6) is -0.389. The molecule has 0 N–H and O–H groups in total. The lowest BCUT2D eigenvalue weighted by atomic mass is 9.85. The van der Waals surface area contributed by atoms with Crippen molar-refractivity contribution in [3.63, 3.8) is 0 Å². The molecule has 1 aromatic carbocycles. The van der Waals surface area contributed by atoms with Gasteiger partial charge in [-0.3, -0.25) is 9.59 Å². The summed E-state index contributed by atoms with van der Waals surface area (Å²) in [5, 5.41) is 5.20. The molecule has 164 valence electrons. The molecule has 0 radical (unpaired) electrons. The molecule has 9 heteroatoms. The number of methoxy groups -OCH3 is 1. The number of ether oxygens (including phenoxy) is 3. The Morgan fingerprint density at radius 2 is 1.87 bits per heavy atom. The van der Waals surface area contributed by atoms with E-state index in [4.69, 9.17) is 14.2 Å². The fourth-order valence-corrected chi connectivity index (χ4v) is 5.29. The van der Waals surface area contributed by atoms with Crippen LogP contribution in [0.3, 0.4) is 0 Å². The number of imide groups is 1. The van der Waals surface area contributed by atoms with Gasteiger partial charge in [-0.1, -0.05) is 12.2 Å². The van der Waals surface area contributed by atoms with Crippen molar-refractivity contribution in [1.82, 2.24) is 5.01 Å². The van der Waals surface area contributed by atoms with E-state index < -0.39 is 5.97 Å². The van der Waals surface area contributed by atoms with Crippen LogP contribution in [0.4, 0.5) is 0 Å². The highest BCUT2D eigenvalue weighted by Gasteiger charge is 2.59. The van der Waals surface area contributed by atoms with Crippen molar-refractivity contribution in [2.24, 2.45) is 28.8 Å². The zero-order valence-corrected chi connectivity index (χ0v) is 19.6. The number of carbonyl (C=O) groups excluding carboxylic acids is 3. The number of hydrogen-bond acceptors (Lipinski definition) is 7. The maximum atomic E-state index is 12.7. The highest BCUT2D eigenvalue weighted by molar-refractivity contribution is 14.1. The van der Waals surface area contributed by atoms with Gasteiger partial charge in [0.25, 0.3) is 11.8 Å². The quantitative estimate of drug-likeness (QED) is 0.174. The first-order chi connectivity index (χ1) is 14.8. The molecule has 1 heterocycles. The van der Waals surface area contributed by atoms with Crippen LogP contribution in [0.25, 0.3) is 0 Å². The number of amides is 2. The molecule has 4 atom stereocenters. The van der Waals surface area contributed by atoms with Crippen LogP contribution in [0.15, 0.2) is 29.4 Å². The summed E-state index contributed by atoms with van der Waals surface area (Å²) < 4.78 is 16.7. The third kappa shape index (κ3) is 4.07. The molecule has 8 nitrogen and oxygen atoms in total. The van der Waals surface area contributed by atoms with E-state index in [1.165, 1.54) is 13.3 Å². The second-order valence-corrected chi connectivity index (χ2v) is 9.26. The van der Waals surface area contributed by atoms with Gasteiger partial charge in [0.1, 0.15) is 0 Å². The molecule has 31 heavy (non-hydrogen) atoms. The maximum absolute atomic E-state index is 12.7. The largest absolute Gasteiger partial charge is 0.493 e. The molecule has 0 aromatic heterocycles. The van der Waals surface area contributed by atoms with Gasteiger partial charge in [-0.15, -0.1) is 0 Å². The smallest absolute Gasteiger partial charge is 0.344 e. The Labute approximate surface area is 193 Å². The molecule has 4 rings (SSSR count). The van der Waals surface area contributed by atoms with Crippen LogP contribution in [0.5, 0.6) is 11.5 Å². The number of hydrogen-bond donors (Lipinski definition) is 0. The standard InChI is InChI=1S/C22H23IN2O6/c1-11(2)31-17(26)10-30-20-15(23)6-12(7-16(20)29-3)9-24-25-21(27)18-13-4-5-14(8-13)19(18)22(25)28/h4-7,9,11,13-14,18-19H,8,10H2,1-3H3/t13-,14-,18-,19+/m0/s1. The minimum Gasteiger partial charge on any atom is -0.493 e. The molecular formula is C22H23IN2O6. The van der Waals surface area contributed by atoms with E-state index in [-0.39, 0.29) is 48.2 Å². The number of fused-ring (bicyclic) bond motifs is 5. The Morgan fingerprint density at radius 3 is 2.45 bits per heavy atom. The van der Waals surface area contributed by atoms with Gasteiger partial charge in [0, 0.05) is 0 Å². The molecule has 2 fully saturated rings. The van der Waals surface area contributed by atoms with E-state index in [1.807, 2.05) is 12.2 Å². The van der Waals surface area contributed by atoms with Crippen LogP contribution in [0.2, 0.25) is 0 Å². The summed E-state index contributed by atoms with van der Waals surface area (Å²) in [5.41, 5.74) is 0.636. The third-order valence-electron chi connectivity index (χ3n) is 5.72. The number of hydrazone groups is 1. The van der Waals surface area contributed by atoms with E-state index in [0.29, 0.717) is 20.6 Å².